The van der Waals surface area contributed by atoms with Crippen LogP contribution in [0.15, 0.2) is 115 Å². The lowest BCUT2D eigenvalue weighted by Crippen LogP contribution is -1.94. The van der Waals surface area contributed by atoms with Crippen molar-refractivity contribution < 1.29 is 0 Å². The molecule has 0 aliphatic rings. The van der Waals surface area contributed by atoms with Crippen LogP contribution in [-0.2, 0) is 0 Å². The normalized spacial score (nSPS) is 11.6. The average molecular weight is 473 g/mol. The maximum atomic E-state index is 2.35. The van der Waals surface area contributed by atoms with Gasteiger partial charge in [0.25, 0.3) is 0 Å². The molecule has 0 spiro atoms. The molecule has 0 heterocycles. The van der Waals surface area contributed by atoms with Crippen LogP contribution < -0.4 is 0 Å². The van der Waals surface area contributed by atoms with E-state index in [-0.39, 0.29) is 0 Å². The fraction of sp³-hybridized carbons (Fsp3) is 0.0811. The molecule has 0 nitrogen and oxygen atoms in total. The Kier molecular flexibility index (Phi) is 4.91. The van der Waals surface area contributed by atoms with Crippen LogP contribution in [0.2, 0.25) is 0 Å². The molecule has 0 saturated carbocycles. The third kappa shape index (κ3) is 3.37. The van der Waals surface area contributed by atoms with Crippen LogP contribution in [0, 0.1) is 20.8 Å². The highest BCUT2D eigenvalue weighted by atomic mass is 14.2. The van der Waals surface area contributed by atoms with E-state index >= 15 is 0 Å². The van der Waals surface area contributed by atoms with Crippen molar-refractivity contribution in [2.24, 2.45) is 0 Å². The molecule has 7 aromatic rings. The first-order valence-corrected chi connectivity index (χ1v) is 13.0. The molecule has 0 saturated heterocycles. The number of aryl methyl sites for hydroxylation is 3. The Bertz CT molecular complexity index is 1970. The number of hydrogen-bond donors (Lipinski definition) is 0. The van der Waals surface area contributed by atoms with Crippen molar-refractivity contribution in [3.8, 4) is 22.3 Å². The molecule has 0 amide bonds. The molecule has 0 unspecified atom stereocenters. The topological polar surface area (TPSA) is 0 Å². The highest BCUT2D eigenvalue weighted by molar-refractivity contribution is 6.34. The van der Waals surface area contributed by atoms with Crippen molar-refractivity contribution in [3.63, 3.8) is 0 Å². The van der Waals surface area contributed by atoms with Gasteiger partial charge in [0.05, 0.1) is 0 Å². The maximum Gasteiger partial charge on any atom is -0.00112 e. The molecule has 0 fully saturated rings. The minimum atomic E-state index is 1.26. The van der Waals surface area contributed by atoms with Crippen molar-refractivity contribution in [1.82, 2.24) is 0 Å². The second-order valence-corrected chi connectivity index (χ2v) is 10.4. The predicted molar refractivity (Wildman–Crippen MR) is 162 cm³/mol. The zero-order chi connectivity index (χ0) is 25.1. The molecule has 0 atom stereocenters. The second kappa shape index (κ2) is 8.32. The molecule has 0 radical (unpaired) electrons. The Morgan fingerprint density at radius 2 is 0.892 bits per heavy atom. The van der Waals surface area contributed by atoms with E-state index in [0.717, 1.165) is 0 Å². The lowest BCUT2D eigenvalue weighted by atomic mass is 9.81. The van der Waals surface area contributed by atoms with E-state index in [1.807, 2.05) is 0 Å². The van der Waals surface area contributed by atoms with Crippen molar-refractivity contribution in [2.75, 3.05) is 0 Å². The van der Waals surface area contributed by atoms with Gasteiger partial charge in [0, 0.05) is 0 Å². The molecule has 0 aliphatic heterocycles. The Hall–Kier alpha value is -4.42. The van der Waals surface area contributed by atoms with Crippen molar-refractivity contribution >= 4 is 43.1 Å². The molecule has 0 aliphatic carbocycles. The molecular weight excluding hydrogens is 444 g/mol. The van der Waals surface area contributed by atoms with Gasteiger partial charge in [0.15, 0.2) is 0 Å². The molecule has 7 rings (SSSR count). The summed E-state index contributed by atoms with van der Waals surface area (Å²) >= 11 is 0. The van der Waals surface area contributed by atoms with Gasteiger partial charge in [-0.05, 0) is 91.7 Å². The molecule has 7 aromatic carbocycles. The first-order chi connectivity index (χ1) is 18.1. The molecule has 176 valence electrons. The number of fused-ring (bicyclic) bond motifs is 7. The van der Waals surface area contributed by atoms with Gasteiger partial charge in [0.2, 0.25) is 0 Å². The minimum Gasteiger partial charge on any atom is -0.0616 e. The summed E-state index contributed by atoms with van der Waals surface area (Å²) in [7, 11) is 0. The summed E-state index contributed by atoms with van der Waals surface area (Å²) in [6.07, 6.45) is 0. The summed E-state index contributed by atoms with van der Waals surface area (Å²) in [5, 5.41) is 10.5. The minimum absolute atomic E-state index is 1.26. The summed E-state index contributed by atoms with van der Waals surface area (Å²) in [6.45, 7) is 6.57. The lowest BCUT2D eigenvalue weighted by molar-refractivity contribution is 1.46. The zero-order valence-corrected chi connectivity index (χ0v) is 21.5. The first-order valence-electron chi connectivity index (χ1n) is 13.0. The predicted octanol–water partition coefficient (Wildman–Crippen LogP) is 10.6. The van der Waals surface area contributed by atoms with Crippen LogP contribution >= 0.6 is 0 Å². The Balaban J connectivity index is 1.83. The fourth-order valence-electron chi connectivity index (χ4n) is 6.09. The van der Waals surface area contributed by atoms with Crippen LogP contribution in [0.5, 0.6) is 0 Å². The van der Waals surface area contributed by atoms with E-state index in [0.29, 0.717) is 0 Å². The summed E-state index contributed by atoms with van der Waals surface area (Å²) in [5.74, 6) is 0. The van der Waals surface area contributed by atoms with Crippen LogP contribution in [-0.4, -0.2) is 0 Å². The molecular formula is C37H28. The van der Waals surface area contributed by atoms with Crippen molar-refractivity contribution in [1.29, 1.82) is 0 Å². The number of hydrogen-bond acceptors (Lipinski definition) is 0. The average Bonchev–Trinajstić information content (AvgIpc) is 2.93. The Morgan fingerprint density at radius 3 is 1.54 bits per heavy atom. The van der Waals surface area contributed by atoms with E-state index < -0.39 is 0 Å². The van der Waals surface area contributed by atoms with Gasteiger partial charge in [-0.2, -0.15) is 0 Å². The van der Waals surface area contributed by atoms with Crippen LogP contribution in [0.1, 0.15) is 16.7 Å². The molecule has 0 aromatic heterocycles. The van der Waals surface area contributed by atoms with Gasteiger partial charge in [-0.25, -0.2) is 0 Å². The van der Waals surface area contributed by atoms with Crippen LogP contribution in [0.25, 0.3) is 65.3 Å². The second-order valence-electron chi connectivity index (χ2n) is 10.4. The Labute approximate surface area is 217 Å². The lowest BCUT2D eigenvalue weighted by Gasteiger charge is -2.21. The van der Waals surface area contributed by atoms with E-state index in [4.69, 9.17) is 0 Å². The molecule has 0 bridgehead atoms. The SMILES string of the molecule is Cc1ccc(-c2c(-c3ccc(C)cc3)c3ccc4cccc(C)c4c3c3c2ccc2ccccc23)cc1. The van der Waals surface area contributed by atoms with Gasteiger partial charge in [-0.15, -0.1) is 0 Å². The summed E-state index contributed by atoms with van der Waals surface area (Å²) in [6, 6.07) is 42.9. The first kappa shape index (κ1) is 21.8. The van der Waals surface area contributed by atoms with E-state index in [1.165, 1.54) is 82.0 Å². The molecule has 0 N–H and O–H groups in total. The van der Waals surface area contributed by atoms with Gasteiger partial charge >= 0.3 is 0 Å². The third-order valence-electron chi connectivity index (χ3n) is 7.90. The van der Waals surface area contributed by atoms with E-state index in [1.54, 1.807) is 0 Å². The zero-order valence-electron chi connectivity index (χ0n) is 21.5. The fourth-order valence-corrected chi connectivity index (χ4v) is 6.09. The molecule has 37 heavy (non-hydrogen) atoms. The number of rotatable bonds is 2. The van der Waals surface area contributed by atoms with Gasteiger partial charge in [-0.3, -0.25) is 0 Å². The highest BCUT2D eigenvalue weighted by Crippen LogP contribution is 2.48. The molecule has 0 heteroatoms. The highest BCUT2D eigenvalue weighted by Gasteiger charge is 2.21. The smallest absolute Gasteiger partial charge is 0.00112 e. The van der Waals surface area contributed by atoms with E-state index in [9.17, 15) is 0 Å². The van der Waals surface area contributed by atoms with Crippen LogP contribution in [0.3, 0.4) is 0 Å². The summed E-state index contributed by atoms with van der Waals surface area (Å²) < 4.78 is 0. The summed E-state index contributed by atoms with van der Waals surface area (Å²) in [4.78, 5) is 0. The standard InChI is InChI=1S/C37H28/c1-23-11-15-28(16-12-23)34-31-21-19-26-8-4-5-10-30(26)36(31)37-32(35(34)29-17-13-24(2)14-18-29)22-20-27-9-6-7-25(3)33(27)37/h4-22H,1-3H3. The van der Waals surface area contributed by atoms with E-state index in [2.05, 4.69) is 136 Å². The third-order valence-corrected chi connectivity index (χ3v) is 7.90. The maximum absolute atomic E-state index is 2.35. The quantitative estimate of drug-likeness (QED) is 0.220. The monoisotopic (exact) mass is 472 g/mol. The van der Waals surface area contributed by atoms with Gasteiger partial charge < -0.3 is 0 Å². The van der Waals surface area contributed by atoms with Crippen molar-refractivity contribution in [2.45, 2.75) is 20.8 Å². The van der Waals surface area contributed by atoms with Crippen molar-refractivity contribution in [3.05, 3.63) is 132 Å². The van der Waals surface area contributed by atoms with Gasteiger partial charge in [0.1, 0.15) is 0 Å². The Morgan fingerprint density at radius 1 is 0.351 bits per heavy atom. The van der Waals surface area contributed by atoms with Crippen LogP contribution in [0.4, 0.5) is 0 Å². The number of benzene rings is 7. The summed E-state index contributed by atoms with van der Waals surface area (Å²) in [5.41, 5.74) is 9.00. The van der Waals surface area contributed by atoms with Gasteiger partial charge in [-0.1, -0.05) is 126 Å². The largest absolute Gasteiger partial charge is 0.0616 e.